The van der Waals surface area contributed by atoms with Gasteiger partial charge >= 0.3 is 0 Å². The Morgan fingerprint density at radius 1 is 1.44 bits per heavy atom. The third kappa shape index (κ3) is 5.55. The molecule has 108 valence electrons. The highest BCUT2D eigenvalue weighted by Crippen LogP contribution is 2.08. The Balaban J connectivity index is 0.00000289. The lowest BCUT2D eigenvalue weighted by Crippen LogP contribution is -2.54. The summed E-state index contributed by atoms with van der Waals surface area (Å²) in [5, 5.41) is 3.28. The SMILES string of the molecule is CC(C)CCOC(C)C(=O)N1CCNCC1C.Cl. The van der Waals surface area contributed by atoms with Gasteiger partial charge in [-0.25, -0.2) is 0 Å². The lowest BCUT2D eigenvalue weighted by Gasteiger charge is -2.35. The summed E-state index contributed by atoms with van der Waals surface area (Å²) < 4.78 is 5.60. The Bertz CT molecular complexity index is 249. The van der Waals surface area contributed by atoms with Gasteiger partial charge in [0.1, 0.15) is 6.10 Å². The summed E-state index contributed by atoms with van der Waals surface area (Å²) in [6.07, 6.45) is 0.698. The molecule has 0 aromatic carbocycles. The highest BCUT2D eigenvalue weighted by Gasteiger charge is 2.27. The molecule has 0 aliphatic carbocycles. The summed E-state index contributed by atoms with van der Waals surface area (Å²) in [5.74, 6) is 0.748. The molecule has 1 aliphatic heterocycles. The number of amides is 1. The van der Waals surface area contributed by atoms with Crippen LogP contribution in [0, 0.1) is 5.92 Å². The van der Waals surface area contributed by atoms with Crippen LogP contribution >= 0.6 is 12.4 Å². The third-order valence-electron chi connectivity index (χ3n) is 3.20. The molecule has 1 N–H and O–H groups in total. The molecular weight excluding hydrogens is 252 g/mol. The van der Waals surface area contributed by atoms with Crippen molar-refractivity contribution >= 4 is 18.3 Å². The fraction of sp³-hybridized carbons (Fsp3) is 0.923. The number of carbonyl (C=O) groups is 1. The molecule has 0 aromatic heterocycles. The first kappa shape index (κ1) is 17.7. The number of carbonyl (C=O) groups excluding carboxylic acids is 1. The average Bonchev–Trinajstić information content (AvgIpc) is 2.28. The van der Waals surface area contributed by atoms with Gasteiger partial charge in [-0.15, -0.1) is 12.4 Å². The number of halogens is 1. The van der Waals surface area contributed by atoms with Crippen molar-refractivity contribution in [1.29, 1.82) is 0 Å². The van der Waals surface area contributed by atoms with Crippen LogP contribution in [0.15, 0.2) is 0 Å². The maximum Gasteiger partial charge on any atom is 0.251 e. The van der Waals surface area contributed by atoms with Crippen molar-refractivity contribution in [3.05, 3.63) is 0 Å². The Morgan fingerprint density at radius 2 is 2.11 bits per heavy atom. The Hall–Kier alpha value is -0.320. The number of nitrogens with zero attached hydrogens (tertiary/aromatic N) is 1. The number of rotatable bonds is 5. The van der Waals surface area contributed by atoms with Crippen LogP contribution < -0.4 is 5.32 Å². The standard InChI is InChI=1S/C13H26N2O2.ClH/c1-10(2)5-8-17-12(4)13(16)15-7-6-14-9-11(15)3;/h10-12,14H,5-9H2,1-4H3;1H. The van der Waals surface area contributed by atoms with Crippen molar-refractivity contribution in [2.75, 3.05) is 26.2 Å². The van der Waals surface area contributed by atoms with Crippen LogP contribution in [0.4, 0.5) is 0 Å². The van der Waals surface area contributed by atoms with Crippen LogP contribution in [0.2, 0.25) is 0 Å². The third-order valence-corrected chi connectivity index (χ3v) is 3.20. The molecule has 5 heteroatoms. The Labute approximate surface area is 117 Å². The smallest absolute Gasteiger partial charge is 0.251 e. The van der Waals surface area contributed by atoms with Gasteiger partial charge in [0, 0.05) is 32.3 Å². The van der Waals surface area contributed by atoms with E-state index in [0.717, 1.165) is 26.1 Å². The lowest BCUT2D eigenvalue weighted by atomic mass is 10.1. The van der Waals surface area contributed by atoms with Gasteiger partial charge in [-0.05, 0) is 26.2 Å². The molecule has 18 heavy (non-hydrogen) atoms. The quantitative estimate of drug-likeness (QED) is 0.832. The molecule has 4 nitrogen and oxygen atoms in total. The number of ether oxygens (including phenoxy) is 1. The van der Waals surface area contributed by atoms with Gasteiger partial charge in [0.15, 0.2) is 0 Å². The van der Waals surface area contributed by atoms with Gasteiger partial charge in [-0.1, -0.05) is 13.8 Å². The summed E-state index contributed by atoms with van der Waals surface area (Å²) in [6.45, 7) is 11.5. The van der Waals surface area contributed by atoms with Crippen LogP contribution in [0.3, 0.4) is 0 Å². The number of hydrogen-bond acceptors (Lipinski definition) is 3. The molecule has 1 saturated heterocycles. The maximum absolute atomic E-state index is 12.2. The summed E-state index contributed by atoms with van der Waals surface area (Å²) in [7, 11) is 0. The number of hydrogen-bond donors (Lipinski definition) is 1. The molecule has 0 radical (unpaired) electrons. The number of piperazine rings is 1. The average molecular weight is 279 g/mol. The summed E-state index contributed by atoms with van der Waals surface area (Å²) >= 11 is 0. The van der Waals surface area contributed by atoms with E-state index >= 15 is 0 Å². The Morgan fingerprint density at radius 3 is 2.67 bits per heavy atom. The minimum atomic E-state index is -0.311. The van der Waals surface area contributed by atoms with E-state index in [4.69, 9.17) is 4.74 Å². The molecule has 0 saturated carbocycles. The van der Waals surface area contributed by atoms with E-state index in [1.807, 2.05) is 11.8 Å². The van der Waals surface area contributed by atoms with Crippen molar-refractivity contribution < 1.29 is 9.53 Å². The second-order valence-corrected chi connectivity index (χ2v) is 5.28. The van der Waals surface area contributed by atoms with Crippen LogP contribution in [-0.2, 0) is 9.53 Å². The second kappa shape index (κ2) is 8.73. The van der Waals surface area contributed by atoms with Crippen molar-refractivity contribution in [1.82, 2.24) is 10.2 Å². The van der Waals surface area contributed by atoms with Crippen LogP contribution in [-0.4, -0.2) is 49.2 Å². The van der Waals surface area contributed by atoms with Gasteiger partial charge in [-0.2, -0.15) is 0 Å². The van der Waals surface area contributed by atoms with Crippen LogP contribution in [0.25, 0.3) is 0 Å². The fourth-order valence-electron chi connectivity index (χ4n) is 1.95. The number of nitrogens with one attached hydrogen (secondary N) is 1. The molecule has 1 amide bonds. The zero-order valence-electron chi connectivity index (χ0n) is 11.9. The molecule has 0 aromatic rings. The minimum Gasteiger partial charge on any atom is -0.369 e. The zero-order chi connectivity index (χ0) is 12.8. The molecule has 1 heterocycles. The van der Waals surface area contributed by atoms with Crippen molar-refractivity contribution in [2.45, 2.75) is 46.3 Å². The van der Waals surface area contributed by atoms with Crippen LogP contribution in [0.1, 0.15) is 34.1 Å². The minimum absolute atomic E-state index is 0. The maximum atomic E-state index is 12.2. The molecule has 0 bridgehead atoms. The predicted octanol–water partition coefficient (Wildman–Crippen LogP) is 1.68. The molecule has 1 rings (SSSR count). The van der Waals surface area contributed by atoms with E-state index in [0.29, 0.717) is 12.5 Å². The monoisotopic (exact) mass is 278 g/mol. The molecular formula is C13H27ClN2O2. The summed E-state index contributed by atoms with van der Waals surface area (Å²) in [4.78, 5) is 14.1. The predicted molar refractivity (Wildman–Crippen MR) is 76.2 cm³/mol. The zero-order valence-corrected chi connectivity index (χ0v) is 12.8. The van der Waals surface area contributed by atoms with E-state index in [1.165, 1.54) is 0 Å². The topological polar surface area (TPSA) is 41.6 Å². The molecule has 1 aliphatic rings. The van der Waals surface area contributed by atoms with Crippen LogP contribution in [0.5, 0.6) is 0 Å². The first-order valence-corrected chi connectivity index (χ1v) is 6.65. The van der Waals surface area contributed by atoms with Gasteiger partial charge < -0.3 is 15.0 Å². The van der Waals surface area contributed by atoms with E-state index in [2.05, 4.69) is 26.1 Å². The highest BCUT2D eigenvalue weighted by atomic mass is 35.5. The van der Waals surface area contributed by atoms with Gasteiger partial charge in [0.05, 0.1) is 0 Å². The van der Waals surface area contributed by atoms with E-state index in [1.54, 1.807) is 0 Å². The molecule has 2 unspecified atom stereocenters. The van der Waals surface area contributed by atoms with Gasteiger partial charge in [0.2, 0.25) is 0 Å². The lowest BCUT2D eigenvalue weighted by molar-refractivity contribution is -0.145. The molecule has 2 atom stereocenters. The highest BCUT2D eigenvalue weighted by molar-refractivity contribution is 5.85. The van der Waals surface area contributed by atoms with E-state index < -0.39 is 0 Å². The van der Waals surface area contributed by atoms with E-state index in [-0.39, 0.29) is 30.5 Å². The second-order valence-electron chi connectivity index (χ2n) is 5.28. The van der Waals surface area contributed by atoms with Gasteiger partial charge in [0.25, 0.3) is 5.91 Å². The first-order chi connectivity index (χ1) is 8.02. The van der Waals surface area contributed by atoms with E-state index in [9.17, 15) is 4.79 Å². The largest absolute Gasteiger partial charge is 0.369 e. The molecule has 1 fully saturated rings. The molecule has 0 spiro atoms. The summed E-state index contributed by atoms with van der Waals surface area (Å²) in [6, 6.07) is 0.271. The summed E-state index contributed by atoms with van der Waals surface area (Å²) in [5.41, 5.74) is 0. The van der Waals surface area contributed by atoms with Crippen molar-refractivity contribution in [2.24, 2.45) is 5.92 Å². The normalized spacial score (nSPS) is 21.6. The van der Waals surface area contributed by atoms with Crippen molar-refractivity contribution in [3.8, 4) is 0 Å². The Kier molecular flexibility index (Phi) is 8.57. The van der Waals surface area contributed by atoms with Crippen molar-refractivity contribution in [3.63, 3.8) is 0 Å². The first-order valence-electron chi connectivity index (χ1n) is 6.65. The fourth-order valence-corrected chi connectivity index (χ4v) is 1.95. The van der Waals surface area contributed by atoms with Gasteiger partial charge in [-0.3, -0.25) is 4.79 Å².